The number of nitriles is 1. The molecule has 0 fully saturated rings. The van der Waals surface area contributed by atoms with Gasteiger partial charge in [-0.2, -0.15) is 5.26 Å². The van der Waals surface area contributed by atoms with Crippen LogP contribution in [-0.4, -0.2) is 32.0 Å². The first-order chi connectivity index (χ1) is 9.21. The average molecular weight is 262 g/mol. The van der Waals surface area contributed by atoms with Gasteiger partial charge in [-0.25, -0.2) is 0 Å². The van der Waals surface area contributed by atoms with Gasteiger partial charge in [-0.15, -0.1) is 0 Å². The normalized spacial score (nSPS) is 10.2. The molecule has 0 aromatic heterocycles. The Morgan fingerprint density at radius 1 is 1.26 bits per heavy atom. The molecule has 1 rings (SSSR count). The molecule has 0 saturated heterocycles. The van der Waals surface area contributed by atoms with E-state index in [1.54, 1.807) is 24.3 Å². The minimum absolute atomic E-state index is 0.214. The van der Waals surface area contributed by atoms with E-state index in [1.165, 1.54) is 0 Å². The summed E-state index contributed by atoms with van der Waals surface area (Å²) >= 11 is 0. The predicted molar refractivity (Wildman–Crippen MR) is 70.5 cm³/mol. The number of hydrogen-bond acceptors (Lipinski definition) is 4. The minimum atomic E-state index is -0.433. The van der Waals surface area contributed by atoms with Gasteiger partial charge in [0.2, 0.25) is 0 Å². The largest absolute Gasteiger partial charge is 0.351 e. The highest BCUT2D eigenvalue weighted by Gasteiger charge is 2.11. The molecule has 0 atom stereocenters. The molecule has 5 nitrogen and oxygen atoms in total. The third kappa shape index (κ3) is 5.08. The molecule has 0 radical (unpaired) electrons. The fraction of sp³-hybridized carbons (Fsp3) is 0.429. The molecule has 0 bridgehead atoms. The first kappa shape index (κ1) is 15.2. The fourth-order valence-electron chi connectivity index (χ4n) is 1.51. The molecule has 0 saturated carbocycles. The Hall–Kier alpha value is -1.90. The van der Waals surface area contributed by atoms with E-state index in [2.05, 4.69) is 5.32 Å². The molecule has 102 valence electrons. The van der Waals surface area contributed by atoms with Crippen LogP contribution in [0.2, 0.25) is 0 Å². The summed E-state index contributed by atoms with van der Waals surface area (Å²) in [6.07, 6.45) is -0.433. The van der Waals surface area contributed by atoms with E-state index in [0.717, 1.165) is 0 Å². The van der Waals surface area contributed by atoms with Crippen molar-refractivity contribution in [3.63, 3.8) is 0 Å². The summed E-state index contributed by atoms with van der Waals surface area (Å²) in [5.74, 6) is -0.214. The maximum Gasteiger partial charge on any atom is 0.251 e. The zero-order valence-electron chi connectivity index (χ0n) is 11.2. The summed E-state index contributed by atoms with van der Waals surface area (Å²) in [5.41, 5.74) is 1.03. The number of carbonyl (C=O) groups excluding carboxylic acids is 1. The van der Waals surface area contributed by atoms with E-state index in [4.69, 9.17) is 14.7 Å². The Bertz CT molecular complexity index is 431. The number of nitrogens with one attached hydrogen (secondary N) is 1. The van der Waals surface area contributed by atoms with E-state index in [-0.39, 0.29) is 5.91 Å². The van der Waals surface area contributed by atoms with Gasteiger partial charge in [0.1, 0.15) is 0 Å². The number of carbonyl (C=O) groups is 1. The van der Waals surface area contributed by atoms with Crippen LogP contribution in [0.25, 0.3) is 0 Å². The first-order valence-electron chi connectivity index (χ1n) is 6.22. The van der Waals surface area contributed by atoms with E-state index in [0.29, 0.717) is 30.9 Å². The van der Waals surface area contributed by atoms with E-state index < -0.39 is 6.29 Å². The van der Waals surface area contributed by atoms with Crippen molar-refractivity contribution < 1.29 is 14.3 Å². The Kier molecular flexibility index (Phi) is 6.58. The Morgan fingerprint density at radius 3 is 2.32 bits per heavy atom. The van der Waals surface area contributed by atoms with Crippen molar-refractivity contribution in [1.82, 2.24) is 5.32 Å². The summed E-state index contributed by atoms with van der Waals surface area (Å²) in [6.45, 7) is 5.08. The van der Waals surface area contributed by atoms with Gasteiger partial charge in [-0.1, -0.05) is 0 Å². The van der Waals surface area contributed by atoms with Crippen molar-refractivity contribution >= 4 is 5.91 Å². The first-order valence-corrected chi connectivity index (χ1v) is 6.22. The highest BCUT2D eigenvalue weighted by Crippen LogP contribution is 2.03. The van der Waals surface area contributed by atoms with Crippen molar-refractivity contribution in [2.45, 2.75) is 20.1 Å². The van der Waals surface area contributed by atoms with Crippen LogP contribution in [0.5, 0.6) is 0 Å². The third-order valence-corrected chi connectivity index (χ3v) is 2.41. The summed E-state index contributed by atoms with van der Waals surface area (Å²) in [5, 5.41) is 11.4. The van der Waals surface area contributed by atoms with Crippen LogP contribution in [0, 0.1) is 11.3 Å². The number of hydrogen-bond donors (Lipinski definition) is 1. The molecule has 0 spiro atoms. The quantitative estimate of drug-likeness (QED) is 0.759. The molecular weight excluding hydrogens is 244 g/mol. The molecule has 0 heterocycles. The highest BCUT2D eigenvalue weighted by atomic mass is 16.7. The van der Waals surface area contributed by atoms with Crippen molar-refractivity contribution in [2.24, 2.45) is 0 Å². The summed E-state index contributed by atoms with van der Waals surface area (Å²) in [6, 6.07) is 8.45. The van der Waals surface area contributed by atoms with Crippen molar-refractivity contribution in [1.29, 1.82) is 5.26 Å². The summed E-state index contributed by atoms with van der Waals surface area (Å²) < 4.78 is 10.7. The molecule has 0 unspecified atom stereocenters. The van der Waals surface area contributed by atoms with Gasteiger partial charge in [0.15, 0.2) is 6.29 Å². The molecule has 5 heteroatoms. The van der Waals surface area contributed by atoms with E-state index in [1.807, 2.05) is 19.9 Å². The lowest BCUT2D eigenvalue weighted by atomic mass is 10.1. The SMILES string of the molecule is CCOC(CNC(=O)c1ccc(C#N)cc1)OCC. The van der Waals surface area contributed by atoms with Gasteiger partial charge in [-0.05, 0) is 38.1 Å². The number of amides is 1. The number of rotatable bonds is 7. The zero-order valence-corrected chi connectivity index (χ0v) is 11.2. The fourth-order valence-corrected chi connectivity index (χ4v) is 1.51. The lowest BCUT2D eigenvalue weighted by Crippen LogP contribution is -2.35. The van der Waals surface area contributed by atoms with Crippen LogP contribution in [0.1, 0.15) is 29.8 Å². The lowest BCUT2D eigenvalue weighted by molar-refractivity contribution is -0.131. The molecule has 0 aliphatic carbocycles. The number of ether oxygens (including phenoxy) is 2. The van der Waals surface area contributed by atoms with Crippen LogP contribution < -0.4 is 5.32 Å². The molecular formula is C14H18N2O3. The zero-order chi connectivity index (χ0) is 14.1. The van der Waals surface area contributed by atoms with Crippen LogP contribution in [0.4, 0.5) is 0 Å². The van der Waals surface area contributed by atoms with Crippen molar-refractivity contribution in [2.75, 3.05) is 19.8 Å². The minimum Gasteiger partial charge on any atom is -0.351 e. The number of benzene rings is 1. The van der Waals surface area contributed by atoms with Gasteiger partial charge in [0.05, 0.1) is 18.2 Å². The van der Waals surface area contributed by atoms with Gasteiger partial charge in [0.25, 0.3) is 5.91 Å². The topological polar surface area (TPSA) is 71.3 Å². The monoisotopic (exact) mass is 262 g/mol. The third-order valence-electron chi connectivity index (χ3n) is 2.41. The molecule has 0 aliphatic heterocycles. The standard InChI is InChI=1S/C14H18N2O3/c1-3-18-13(19-4-2)10-16-14(17)12-7-5-11(9-15)6-8-12/h5-8,13H,3-4,10H2,1-2H3,(H,16,17). The van der Waals surface area contributed by atoms with Crippen LogP contribution in [0.3, 0.4) is 0 Å². The van der Waals surface area contributed by atoms with Crippen LogP contribution in [-0.2, 0) is 9.47 Å². The molecule has 1 aromatic carbocycles. The molecule has 1 amide bonds. The van der Waals surface area contributed by atoms with Crippen LogP contribution in [0.15, 0.2) is 24.3 Å². The van der Waals surface area contributed by atoms with Crippen molar-refractivity contribution in [3.05, 3.63) is 35.4 Å². The predicted octanol–water partition coefficient (Wildman–Crippen LogP) is 1.69. The smallest absolute Gasteiger partial charge is 0.251 e. The lowest BCUT2D eigenvalue weighted by Gasteiger charge is -2.17. The molecule has 1 N–H and O–H groups in total. The Morgan fingerprint density at radius 2 is 1.84 bits per heavy atom. The summed E-state index contributed by atoms with van der Waals surface area (Å²) in [4.78, 5) is 11.9. The van der Waals surface area contributed by atoms with E-state index in [9.17, 15) is 4.79 Å². The second kappa shape index (κ2) is 8.25. The second-order valence-electron chi connectivity index (χ2n) is 3.74. The maximum atomic E-state index is 11.9. The van der Waals surface area contributed by atoms with Crippen molar-refractivity contribution in [3.8, 4) is 6.07 Å². The van der Waals surface area contributed by atoms with Crippen LogP contribution >= 0.6 is 0 Å². The maximum absolute atomic E-state index is 11.9. The van der Waals surface area contributed by atoms with Gasteiger partial charge in [0, 0.05) is 18.8 Å². The summed E-state index contributed by atoms with van der Waals surface area (Å²) in [7, 11) is 0. The Labute approximate surface area is 113 Å². The second-order valence-corrected chi connectivity index (χ2v) is 3.74. The number of nitrogens with zero attached hydrogens (tertiary/aromatic N) is 1. The molecule has 1 aromatic rings. The Balaban J connectivity index is 2.51. The highest BCUT2D eigenvalue weighted by molar-refractivity contribution is 5.94. The average Bonchev–Trinajstić information content (AvgIpc) is 2.45. The van der Waals surface area contributed by atoms with Gasteiger partial charge in [-0.3, -0.25) is 4.79 Å². The molecule has 0 aliphatic rings. The van der Waals surface area contributed by atoms with E-state index >= 15 is 0 Å². The van der Waals surface area contributed by atoms with Gasteiger partial charge >= 0.3 is 0 Å². The van der Waals surface area contributed by atoms with Gasteiger partial charge < -0.3 is 14.8 Å². The molecule has 19 heavy (non-hydrogen) atoms.